The largest absolute Gasteiger partial charge is 0.481 e. The Balaban J connectivity index is 1.54. The molecule has 112 valence electrons. The van der Waals surface area contributed by atoms with Gasteiger partial charge in [0.15, 0.2) is 0 Å². The van der Waals surface area contributed by atoms with Gasteiger partial charge in [0.2, 0.25) is 0 Å². The summed E-state index contributed by atoms with van der Waals surface area (Å²) in [5.41, 5.74) is -0.384. The van der Waals surface area contributed by atoms with Gasteiger partial charge in [-0.3, -0.25) is 14.3 Å². The molecule has 2 aliphatic heterocycles. The number of carbonyl (C=O) groups is 2. The summed E-state index contributed by atoms with van der Waals surface area (Å²) in [4.78, 5) is 25.7. The molecule has 1 amide bonds. The van der Waals surface area contributed by atoms with Crippen LogP contribution in [0.1, 0.15) is 29.2 Å². The van der Waals surface area contributed by atoms with Gasteiger partial charge in [0, 0.05) is 25.2 Å². The van der Waals surface area contributed by atoms with E-state index < -0.39 is 11.4 Å². The van der Waals surface area contributed by atoms with E-state index in [4.69, 9.17) is 4.74 Å². The molecule has 0 radical (unpaired) electrons. The Kier molecular flexibility index (Phi) is 2.63. The molecule has 1 aliphatic carbocycles. The lowest BCUT2D eigenvalue weighted by atomic mass is 9.81. The van der Waals surface area contributed by atoms with Gasteiger partial charge in [0.25, 0.3) is 5.91 Å². The van der Waals surface area contributed by atoms with Crippen LogP contribution in [0, 0.1) is 11.3 Å². The molecule has 0 aromatic carbocycles. The summed E-state index contributed by atoms with van der Waals surface area (Å²) in [6, 6.07) is 0.434. The molecule has 7 nitrogen and oxygen atoms in total. The summed E-state index contributed by atoms with van der Waals surface area (Å²) in [5.74, 6) is -1.11. The highest BCUT2D eigenvalue weighted by atomic mass is 16.5. The highest BCUT2D eigenvalue weighted by Gasteiger charge is 2.57. The van der Waals surface area contributed by atoms with Gasteiger partial charge in [-0.1, -0.05) is 0 Å². The van der Waals surface area contributed by atoms with E-state index in [1.54, 1.807) is 17.3 Å². The van der Waals surface area contributed by atoms with E-state index in [-0.39, 0.29) is 25.0 Å². The maximum Gasteiger partial charge on any atom is 0.314 e. The lowest BCUT2D eigenvalue weighted by Gasteiger charge is -2.21. The van der Waals surface area contributed by atoms with Crippen molar-refractivity contribution >= 4 is 11.9 Å². The molecule has 1 aromatic heterocycles. The SMILES string of the molecule is O=C(c1cnn(C2CC2)c1)N1C[C@@H]2COC[C@]2(C(=O)O)C1. The van der Waals surface area contributed by atoms with Gasteiger partial charge in [0.1, 0.15) is 5.41 Å². The van der Waals surface area contributed by atoms with Gasteiger partial charge in [-0.05, 0) is 12.8 Å². The lowest BCUT2D eigenvalue weighted by Crippen LogP contribution is -2.40. The first-order valence-corrected chi connectivity index (χ1v) is 7.25. The minimum atomic E-state index is -0.928. The summed E-state index contributed by atoms with van der Waals surface area (Å²) in [6.45, 7) is 1.27. The zero-order chi connectivity index (χ0) is 14.6. The third-order valence-electron chi connectivity index (χ3n) is 4.86. The monoisotopic (exact) mass is 291 g/mol. The van der Waals surface area contributed by atoms with E-state index in [2.05, 4.69) is 5.10 Å². The van der Waals surface area contributed by atoms with Crippen molar-refractivity contribution in [1.29, 1.82) is 0 Å². The number of aliphatic carboxylic acids is 1. The molecule has 3 fully saturated rings. The fourth-order valence-corrected chi connectivity index (χ4v) is 3.36. The van der Waals surface area contributed by atoms with E-state index in [9.17, 15) is 14.7 Å². The Hall–Kier alpha value is -1.89. The van der Waals surface area contributed by atoms with Gasteiger partial charge < -0.3 is 14.7 Å². The zero-order valence-corrected chi connectivity index (χ0v) is 11.6. The summed E-state index contributed by atoms with van der Waals surface area (Å²) in [6.07, 6.45) is 5.58. The highest BCUT2D eigenvalue weighted by molar-refractivity contribution is 5.94. The van der Waals surface area contributed by atoms with Crippen molar-refractivity contribution < 1.29 is 19.4 Å². The van der Waals surface area contributed by atoms with E-state index in [1.165, 1.54) is 0 Å². The van der Waals surface area contributed by atoms with Crippen LogP contribution in [0.15, 0.2) is 12.4 Å². The number of likely N-dealkylation sites (tertiary alicyclic amines) is 1. The van der Waals surface area contributed by atoms with Gasteiger partial charge in [-0.2, -0.15) is 5.10 Å². The second kappa shape index (κ2) is 4.30. The van der Waals surface area contributed by atoms with Crippen molar-refractivity contribution in [2.45, 2.75) is 18.9 Å². The maximum absolute atomic E-state index is 12.5. The number of carboxylic acid groups (broad SMARTS) is 1. The van der Waals surface area contributed by atoms with Gasteiger partial charge in [0.05, 0.1) is 31.0 Å². The molecule has 2 saturated heterocycles. The van der Waals surface area contributed by atoms with E-state index >= 15 is 0 Å². The van der Waals surface area contributed by atoms with Crippen molar-refractivity contribution in [2.75, 3.05) is 26.3 Å². The Morgan fingerprint density at radius 1 is 1.43 bits per heavy atom. The first-order valence-electron chi connectivity index (χ1n) is 7.25. The molecular formula is C14H17N3O4. The summed E-state index contributed by atoms with van der Waals surface area (Å²) in [7, 11) is 0. The molecule has 1 aromatic rings. The number of hydrogen-bond acceptors (Lipinski definition) is 4. The van der Waals surface area contributed by atoms with Crippen molar-refractivity contribution in [3.63, 3.8) is 0 Å². The predicted molar refractivity (Wildman–Crippen MR) is 70.8 cm³/mol. The zero-order valence-electron chi connectivity index (χ0n) is 11.6. The van der Waals surface area contributed by atoms with Crippen LogP contribution in [-0.4, -0.2) is 58.0 Å². The molecule has 3 heterocycles. The van der Waals surface area contributed by atoms with Crippen molar-refractivity contribution in [2.24, 2.45) is 11.3 Å². The van der Waals surface area contributed by atoms with Gasteiger partial charge >= 0.3 is 5.97 Å². The number of aromatic nitrogens is 2. The number of nitrogens with zero attached hydrogens (tertiary/aromatic N) is 3. The third kappa shape index (κ3) is 1.87. The minimum absolute atomic E-state index is 0.113. The minimum Gasteiger partial charge on any atom is -0.481 e. The van der Waals surface area contributed by atoms with Crippen LogP contribution in [0.3, 0.4) is 0 Å². The number of ether oxygens (including phenoxy) is 1. The van der Waals surface area contributed by atoms with Crippen molar-refractivity contribution in [1.82, 2.24) is 14.7 Å². The Labute approximate surface area is 121 Å². The summed E-state index contributed by atoms with van der Waals surface area (Å²) in [5, 5.41) is 13.7. The number of hydrogen-bond donors (Lipinski definition) is 1. The first-order chi connectivity index (χ1) is 10.1. The smallest absolute Gasteiger partial charge is 0.314 e. The molecule has 2 atom stereocenters. The Morgan fingerprint density at radius 3 is 2.90 bits per heavy atom. The fourth-order valence-electron chi connectivity index (χ4n) is 3.36. The predicted octanol–water partition coefficient (Wildman–Crippen LogP) is 0.391. The number of rotatable bonds is 3. The van der Waals surface area contributed by atoms with E-state index in [1.807, 2.05) is 4.68 Å². The van der Waals surface area contributed by atoms with Gasteiger partial charge in [-0.15, -0.1) is 0 Å². The molecule has 0 unspecified atom stereocenters. The van der Waals surface area contributed by atoms with Crippen molar-refractivity contribution in [3.8, 4) is 0 Å². The average molecular weight is 291 g/mol. The number of carbonyl (C=O) groups excluding carboxylic acids is 1. The lowest BCUT2D eigenvalue weighted by molar-refractivity contribution is -0.149. The topological polar surface area (TPSA) is 84.7 Å². The summed E-state index contributed by atoms with van der Waals surface area (Å²) >= 11 is 0. The van der Waals surface area contributed by atoms with Crippen LogP contribution in [0.25, 0.3) is 0 Å². The molecule has 3 aliphatic rings. The fraction of sp³-hybridized carbons (Fsp3) is 0.643. The Morgan fingerprint density at radius 2 is 2.24 bits per heavy atom. The second-order valence-corrected chi connectivity index (χ2v) is 6.30. The second-order valence-electron chi connectivity index (χ2n) is 6.30. The van der Waals surface area contributed by atoms with Crippen LogP contribution in [0.4, 0.5) is 0 Å². The number of amides is 1. The van der Waals surface area contributed by atoms with Crippen LogP contribution in [0.5, 0.6) is 0 Å². The Bertz CT molecular complexity index is 609. The van der Waals surface area contributed by atoms with Crippen molar-refractivity contribution in [3.05, 3.63) is 18.0 Å². The standard InChI is InChI=1S/C14H17N3O4/c18-12(9-3-15-17(4-9)11-1-2-11)16-5-10-6-21-8-14(10,7-16)13(19)20/h3-4,10-11H,1-2,5-8H2,(H,19,20)/t10-,14-/m1/s1. The molecule has 7 heteroatoms. The normalized spacial score (nSPS) is 31.4. The van der Waals surface area contributed by atoms with Crippen LogP contribution in [0.2, 0.25) is 0 Å². The summed E-state index contributed by atoms with van der Waals surface area (Å²) < 4.78 is 7.15. The molecule has 0 spiro atoms. The molecule has 4 rings (SSSR count). The van der Waals surface area contributed by atoms with Crippen LogP contribution in [-0.2, 0) is 9.53 Å². The molecule has 1 saturated carbocycles. The number of fused-ring (bicyclic) bond motifs is 1. The molecular weight excluding hydrogens is 274 g/mol. The van der Waals surface area contributed by atoms with Crippen LogP contribution >= 0.6 is 0 Å². The average Bonchev–Trinajstić information content (AvgIpc) is 2.90. The van der Waals surface area contributed by atoms with E-state index in [0.29, 0.717) is 24.8 Å². The maximum atomic E-state index is 12.5. The van der Waals surface area contributed by atoms with Crippen LogP contribution < -0.4 is 0 Å². The number of carboxylic acids is 1. The molecule has 1 N–H and O–H groups in total. The molecule has 0 bridgehead atoms. The first kappa shape index (κ1) is 12.8. The third-order valence-corrected chi connectivity index (χ3v) is 4.86. The van der Waals surface area contributed by atoms with E-state index in [0.717, 1.165) is 12.8 Å². The van der Waals surface area contributed by atoms with Gasteiger partial charge in [-0.25, -0.2) is 0 Å². The highest BCUT2D eigenvalue weighted by Crippen LogP contribution is 2.42. The quantitative estimate of drug-likeness (QED) is 0.871. The molecule has 21 heavy (non-hydrogen) atoms.